The highest BCUT2D eigenvalue weighted by Gasteiger charge is 2.38. The van der Waals surface area contributed by atoms with Crippen molar-refractivity contribution < 1.29 is 28.5 Å². The average Bonchev–Trinajstić information content (AvgIpc) is 2.72. The first-order valence-corrected chi connectivity index (χ1v) is 8.73. The van der Waals surface area contributed by atoms with Gasteiger partial charge < -0.3 is 19.3 Å². The summed E-state index contributed by atoms with van der Waals surface area (Å²) in [5.74, 6) is -0.00824. The number of para-hydroxylation sites is 2. The highest BCUT2D eigenvalue weighted by molar-refractivity contribution is 5.75. The molecule has 28 heavy (non-hydrogen) atoms. The van der Waals surface area contributed by atoms with E-state index in [0.29, 0.717) is 28.4 Å². The molecule has 0 amide bonds. The molecule has 0 fully saturated rings. The smallest absolute Gasteiger partial charge is 0.349 e. The van der Waals surface area contributed by atoms with E-state index in [4.69, 9.17) is 14.2 Å². The zero-order valence-electron chi connectivity index (χ0n) is 14.7. The lowest BCUT2D eigenvalue weighted by Gasteiger charge is -2.31. The van der Waals surface area contributed by atoms with Gasteiger partial charge in [0.1, 0.15) is 18.2 Å². The highest BCUT2D eigenvalue weighted by atomic mass is 19.1. The summed E-state index contributed by atoms with van der Waals surface area (Å²) in [6.07, 6.45) is -1.96. The average molecular weight is 380 g/mol. The van der Waals surface area contributed by atoms with Gasteiger partial charge in [0.25, 0.3) is 0 Å². The van der Waals surface area contributed by atoms with E-state index < -0.39 is 18.2 Å². The summed E-state index contributed by atoms with van der Waals surface area (Å²) in [7, 11) is 0. The van der Waals surface area contributed by atoms with Crippen molar-refractivity contribution in [1.29, 1.82) is 0 Å². The molecule has 0 saturated carbocycles. The quantitative estimate of drug-likeness (QED) is 0.712. The maximum Gasteiger partial charge on any atom is 0.349 e. The van der Waals surface area contributed by atoms with Crippen LogP contribution in [0.5, 0.6) is 17.2 Å². The van der Waals surface area contributed by atoms with Crippen LogP contribution >= 0.6 is 0 Å². The summed E-state index contributed by atoms with van der Waals surface area (Å²) in [6, 6.07) is 20.2. The third kappa shape index (κ3) is 3.62. The predicted octanol–water partition coefficient (Wildman–Crippen LogP) is 4.37. The van der Waals surface area contributed by atoms with Gasteiger partial charge in [-0.05, 0) is 35.9 Å². The number of halogens is 1. The Balaban J connectivity index is 1.51. The second kappa shape index (κ2) is 7.60. The van der Waals surface area contributed by atoms with Gasteiger partial charge in [0.15, 0.2) is 17.6 Å². The fourth-order valence-electron chi connectivity index (χ4n) is 3.00. The van der Waals surface area contributed by atoms with E-state index in [2.05, 4.69) is 0 Å². The minimum Gasteiger partial charge on any atom is -0.489 e. The summed E-state index contributed by atoms with van der Waals surface area (Å²) >= 11 is 0. The molecule has 0 aromatic heterocycles. The van der Waals surface area contributed by atoms with Gasteiger partial charge >= 0.3 is 5.97 Å². The largest absolute Gasteiger partial charge is 0.489 e. The van der Waals surface area contributed by atoms with Crippen molar-refractivity contribution in [3.8, 4) is 17.2 Å². The third-order valence-corrected chi connectivity index (χ3v) is 4.44. The van der Waals surface area contributed by atoms with E-state index in [1.165, 1.54) is 6.07 Å². The zero-order valence-corrected chi connectivity index (χ0v) is 14.7. The Hall–Kier alpha value is -3.54. The maximum atomic E-state index is 13.7. The van der Waals surface area contributed by atoms with Gasteiger partial charge in [-0.25, -0.2) is 9.18 Å². The fraction of sp³-hybridized carbons (Fsp3) is 0.136. The van der Waals surface area contributed by atoms with Crippen molar-refractivity contribution in [1.82, 2.24) is 0 Å². The Bertz CT molecular complexity index is 986. The number of hydrogen-bond acceptors (Lipinski definition) is 4. The summed E-state index contributed by atoms with van der Waals surface area (Å²) in [6.45, 7) is 0.0974. The standard InChI is InChI=1S/C22H17FO5/c23-17-6-2-1-5-15(17)13-26-16-11-9-14(10-12-16)20-21(22(24)25)28-19-8-4-3-7-18(19)27-20/h1-12,20-21H,13H2,(H,24,25). The van der Waals surface area contributed by atoms with Crippen LogP contribution in [0.4, 0.5) is 4.39 Å². The van der Waals surface area contributed by atoms with Crippen molar-refractivity contribution in [2.75, 3.05) is 0 Å². The van der Waals surface area contributed by atoms with Crippen LogP contribution in [-0.4, -0.2) is 17.2 Å². The molecule has 0 aliphatic carbocycles. The summed E-state index contributed by atoms with van der Waals surface area (Å²) in [5, 5.41) is 9.52. The van der Waals surface area contributed by atoms with Gasteiger partial charge in [0, 0.05) is 5.56 Å². The number of rotatable bonds is 5. The van der Waals surface area contributed by atoms with Crippen molar-refractivity contribution in [3.05, 3.63) is 89.7 Å². The molecule has 0 radical (unpaired) electrons. The first kappa shape index (κ1) is 17.9. The molecular weight excluding hydrogens is 363 g/mol. The van der Waals surface area contributed by atoms with Crippen LogP contribution in [0.1, 0.15) is 17.2 Å². The molecule has 0 spiro atoms. The van der Waals surface area contributed by atoms with Crippen molar-refractivity contribution in [2.45, 2.75) is 18.8 Å². The number of fused-ring (bicyclic) bond motifs is 1. The number of carbonyl (C=O) groups is 1. The Morgan fingerprint density at radius 1 is 0.929 bits per heavy atom. The lowest BCUT2D eigenvalue weighted by atomic mass is 10.0. The number of hydrogen-bond donors (Lipinski definition) is 1. The van der Waals surface area contributed by atoms with Crippen molar-refractivity contribution in [2.24, 2.45) is 0 Å². The van der Waals surface area contributed by atoms with Crippen LogP contribution in [0.3, 0.4) is 0 Å². The number of ether oxygens (including phenoxy) is 3. The van der Waals surface area contributed by atoms with E-state index >= 15 is 0 Å². The lowest BCUT2D eigenvalue weighted by Crippen LogP contribution is -2.39. The predicted molar refractivity (Wildman–Crippen MR) is 99.0 cm³/mol. The maximum absolute atomic E-state index is 13.7. The molecule has 2 unspecified atom stereocenters. The Morgan fingerprint density at radius 2 is 1.57 bits per heavy atom. The lowest BCUT2D eigenvalue weighted by molar-refractivity contribution is -0.151. The molecule has 1 aliphatic heterocycles. The molecule has 2 atom stereocenters. The Labute approximate surface area is 160 Å². The van der Waals surface area contributed by atoms with Crippen LogP contribution in [0, 0.1) is 5.82 Å². The second-order valence-corrected chi connectivity index (χ2v) is 6.31. The molecule has 3 aromatic rings. The monoisotopic (exact) mass is 380 g/mol. The molecule has 5 nitrogen and oxygen atoms in total. The molecule has 1 N–H and O–H groups in total. The van der Waals surface area contributed by atoms with Gasteiger partial charge in [0.2, 0.25) is 6.10 Å². The molecule has 0 bridgehead atoms. The number of aliphatic carboxylic acids is 1. The molecular formula is C22H17FO5. The van der Waals surface area contributed by atoms with Crippen LogP contribution in [0.25, 0.3) is 0 Å². The third-order valence-electron chi connectivity index (χ3n) is 4.44. The first-order chi connectivity index (χ1) is 13.6. The summed E-state index contributed by atoms with van der Waals surface area (Å²) in [5.41, 5.74) is 1.10. The molecule has 4 rings (SSSR count). The Kier molecular flexibility index (Phi) is 4.85. The molecule has 1 aliphatic rings. The molecule has 1 heterocycles. The van der Waals surface area contributed by atoms with Crippen LogP contribution in [0.15, 0.2) is 72.8 Å². The molecule has 0 saturated heterocycles. The van der Waals surface area contributed by atoms with Crippen LogP contribution in [0.2, 0.25) is 0 Å². The SMILES string of the molecule is O=C(O)C1Oc2ccccc2OC1c1ccc(OCc2ccccc2F)cc1. The van der Waals surface area contributed by atoms with E-state index in [-0.39, 0.29) is 12.4 Å². The van der Waals surface area contributed by atoms with Crippen molar-refractivity contribution >= 4 is 5.97 Å². The molecule has 142 valence electrons. The number of carboxylic acid groups (broad SMARTS) is 1. The van der Waals surface area contributed by atoms with Gasteiger partial charge in [-0.1, -0.05) is 42.5 Å². The van der Waals surface area contributed by atoms with Gasteiger partial charge in [-0.3, -0.25) is 0 Å². The zero-order chi connectivity index (χ0) is 19.5. The van der Waals surface area contributed by atoms with E-state index in [1.54, 1.807) is 66.7 Å². The number of carboxylic acids is 1. The number of benzene rings is 3. The topological polar surface area (TPSA) is 65.0 Å². The second-order valence-electron chi connectivity index (χ2n) is 6.31. The van der Waals surface area contributed by atoms with Crippen LogP contribution in [-0.2, 0) is 11.4 Å². The van der Waals surface area contributed by atoms with Gasteiger partial charge in [-0.15, -0.1) is 0 Å². The van der Waals surface area contributed by atoms with Gasteiger partial charge in [-0.2, -0.15) is 0 Å². The summed E-state index contributed by atoms with van der Waals surface area (Å²) < 4.78 is 30.8. The summed E-state index contributed by atoms with van der Waals surface area (Å²) in [4.78, 5) is 11.6. The van der Waals surface area contributed by atoms with Crippen LogP contribution < -0.4 is 14.2 Å². The minimum atomic E-state index is -1.17. The highest BCUT2D eigenvalue weighted by Crippen LogP contribution is 2.39. The van der Waals surface area contributed by atoms with E-state index in [0.717, 1.165) is 0 Å². The molecule has 3 aromatic carbocycles. The normalized spacial score (nSPS) is 17.8. The van der Waals surface area contributed by atoms with E-state index in [1.807, 2.05) is 0 Å². The molecule has 6 heteroatoms. The van der Waals surface area contributed by atoms with Crippen molar-refractivity contribution in [3.63, 3.8) is 0 Å². The minimum absolute atomic E-state index is 0.0974. The van der Waals surface area contributed by atoms with E-state index in [9.17, 15) is 14.3 Å². The Morgan fingerprint density at radius 3 is 2.25 bits per heavy atom. The van der Waals surface area contributed by atoms with Gasteiger partial charge in [0.05, 0.1) is 0 Å². The fourth-order valence-corrected chi connectivity index (χ4v) is 3.00. The first-order valence-electron chi connectivity index (χ1n) is 8.73.